The molecule has 1 saturated heterocycles. The molecule has 406 valence electrons. The lowest BCUT2D eigenvalue weighted by Gasteiger charge is -2.41. The summed E-state index contributed by atoms with van der Waals surface area (Å²) in [6, 6.07) is -1.04. The summed E-state index contributed by atoms with van der Waals surface area (Å²) < 4.78 is 17.5. The van der Waals surface area contributed by atoms with Gasteiger partial charge in [-0.3, -0.25) is 9.59 Å². The van der Waals surface area contributed by atoms with E-state index in [-0.39, 0.29) is 19.4 Å². The zero-order valence-electron chi connectivity index (χ0n) is 44.6. The number of nitrogens with one attached hydrogen (secondary N) is 1. The van der Waals surface area contributed by atoms with Gasteiger partial charge < -0.3 is 45.1 Å². The summed E-state index contributed by atoms with van der Waals surface area (Å²) in [6.07, 6.45) is 51.6. The number of esters is 1. The van der Waals surface area contributed by atoms with Gasteiger partial charge in [-0.05, 0) is 77.0 Å². The van der Waals surface area contributed by atoms with Crippen LogP contribution in [0.25, 0.3) is 0 Å². The largest absolute Gasteiger partial charge is 0.454 e. The third-order valence-corrected chi connectivity index (χ3v) is 12.6. The molecule has 0 spiro atoms. The van der Waals surface area contributed by atoms with Gasteiger partial charge in [-0.2, -0.15) is 0 Å². The van der Waals surface area contributed by atoms with E-state index in [1.54, 1.807) is 6.08 Å². The van der Waals surface area contributed by atoms with Crippen LogP contribution in [0.5, 0.6) is 0 Å². The first-order valence-corrected chi connectivity index (χ1v) is 28.1. The number of ether oxygens (including phenoxy) is 3. The van der Waals surface area contributed by atoms with Crippen LogP contribution >= 0.6 is 0 Å². The van der Waals surface area contributed by atoms with Crippen molar-refractivity contribution in [1.29, 1.82) is 0 Å². The number of allylic oxidation sites excluding steroid dienone is 15. The molecule has 0 aromatic rings. The third-order valence-electron chi connectivity index (χ3n) is 12.6. The Balaban J connectivity index is 2.77. The van der Waals surface area contributed by atoms with E-state index in [2.05, 4.69) is 62.5 Å². The molecule has 1 fully saturated rings. The van der Waals surface area contributed by atoms with Crippen molar-refractivity contribution >= 4 is 11.9 Å². The molecule has 11 heteroatoms. The van der Waals surface area contributed by atoms with Gasteiger partial charge in [0, 0.05) is 6.42 Å². The molecule has 0 bridgehead atoms. The molecule has 8 atom stereocenters. The van der Waals surface area contributed by atoms with Crippen LogP contribution in [0, 0.1) is 0 Å². The highest BCUT2D eigenvalue weighted by atomic mass is 16.7. The van der Waals surface area contributed by atoms with Crippen LogP contribution in [0.15, 0.2) is 97.2 Å². The van der Waals surface area contributed by atoms with Crippen molar-refractivity contribution in [3.63, 3.8) is 0 Å². The quantitative estimate of drug-likeness (QED) is 0.0149. The number of aliphatic hydroxyl groups is 5. The molecular formula is C60H101NO10. The fourth-order valence-electron chi connectivity index (χ4n) is 8.11. The summed E-state index contributed by atoms with van der Waals surface area (Å²) in [4.78, 5) is 26.4. The molecule has 1 rings (SSSR count). The summed E-state index contributed by atoms with van der Waals surface area (Å²) in [5, 5.41) is 56.7. The van der Waals surface area contributed by atoms with Crippen LogP contribution in [-0.4, -0.2) is 99.6 Å². The molecule has 1 amide bonds. The third kappa shape index (κ3) is 36.2. The molecule has 0 aromatic heterocycles. The van der Waals surface area contributed by atoms with Crippen LogP contribution in [0.4, 0.5) is 0 Å². The summed E-state index contributed by atoms with van der Waals surface area (Å²) in [5.41, 5.74) is 0. The van der Waals surface area contributed by atoms with Gasteiger partial charge in [-0.15, -0.1) is 0 Å². The lowest BCUT2D eigenvalue weighted by atomic mass is 9.99. The van der Waals surface area contributed by atoms with E-state index in [0.717, 1.165) is 96.3 Å². The highest BCUT2D eigenvalue weighted by molar-refractivity contribution is 5.80. The molecule has 1 heterocycles. The average Bonchev–Trinajstić information content (AvgIpc) is 3.37. The highest BCUT2D eigenvalue weighted by Gasteiger charge is 2.47. The molecule has 6 N–H and O–H groups in total. The van der Waals surface area contributed by atoms with Crippen molar-refractivity contribution in [3.05, 3.63) is 97.2 Å². The lowest BCUT2D eigenvalue weighted by Crippen LogP contribution is -2.61. The Labute approximate surface area is 431 Å². The van der Waals surface area contributed by atoms with Gasteiger partial charge in [0.25, 0.3) is 0 Å². The Morgan fingerprint density at radius 3 is 1.66 bits per heavy atom. The van der Waals surface area contributed by atoms with E-state index in [9.17, 15) is 35.1 Å². The Morgan fingerprint density at radius 2 is 1.07 bits per heavy atom. The first kappa shape index (κ1) is 65.6. The monoisotopic (exact) mass is 996 g/mol. The number of carbonyl (C=O) groups excluding carboxylic acids is 2. The van der Waals surface area contributed by atoms with E-state index in [4.69, 9.17) is 14.2 Å². The molecule has 71 heavy (non-hydrogen) atoms. The second-order valence-corrected chi connectivity index (χ2v) is 19.1. The number of rotatable bonds is 45. The Morgan fingerprint density at radius 1 is 0.577 bits per heavy atom. The van der Waals surface area contributed by atoms with Crippen molar-refractivity contribution in [3.8, 4) is 0 Å². The molecule has 0 saturated carbocycles. The van der Waals surface area contributed by atoms with Gasteiger partial charge in [0.15, 0.2) is 12.4 Å². The molecular weight excluding hydrogens is 895 g/mol. The number of aliphatic hydroxyl groups excluding tert-OH is 5. The number of hydrogen-bond acceptors (Lipinski definition) is 10. The molecule has 11 nitrogen and oxygen atoms in total. The molecule has 0 aliphatic carbocycles. The van der Waals surface area contributed by atoms with Gasteiger partial charge in [-0.25, -0.2) is 0 Å². The van der Waals surface area contributed by atoms with Crippen LogP contribution in [0.2, 0.25) is 0 Å². The summed E-state index contributed by atoms with van der Waals surface area (Å²) in [5.74, 6) is -1.26. The van der Waals surface area contributed by atoms with Crippen LogP contribution < -0.4 is 5.32 Å². The normalized spacial score (nSPS) is 20.4. The standard InChI is InChI=1S/C60H101NO10/c1-4-7-10-13-16-19-22-24-26-28-29-32-35-38-41-44-47-53(64)59(68)61-51(52(63)46-43-40-37-34-31-21-18-15-12-9-6-3)50-69-60-58(57(67)56(66)54(49-62)70-60)71-55(65)48-45-42-39-36-33-30-27-25-23-20-17-14-11-8-5-2/h8,11,14,16-17,19-20,23-27,30,33,43,46,51-54,56-58,60,62-64,66-67H,4-7,9-10,12-13,15,18,21-22,28-29,31-32,34-42,44-45,47-50H2,1-3H3,(H,61,68)/b11-8+,17-14+,19-16-,23-20-,26-24-,27-25-,33-30+,46-43+. The van der Waals surface area contributed by atoms with Crippen molar-refractivity contribution in [2.75, 3.05) is 13.2 Å². The van der Waals surface area contributed by atoms with Gasteiger partial charge in [0.1, 0.15) is 24.4 Å². The smallest absolute Gasteiger partial charge is 0.306 e. The Bertz CT molecular complexity index is 1520. The first-order chi connectivity index (χ1) is 34.7. The predicted molar refractivity (Wildman–Crippen MR) is 292 cm³/mol. The highest BCUT2D eigenvalue weighted by Crippen LogP contribution is 2.26. The minimum absolute atomic E-state index is 0.0685. The maximum absolute atomic E-state index is 13.4. The molecule has 1 aliphatic rings. The summed E-state index contributed by atoms with van der Waals surface area (Å²) >= 11 is 0. The predicted octanol–water partition coefficient (Wildman–Crippen LogP) is 12.4. The fraction of sp³-hybridized carbons (Fsp3) is 0.700. The Hall–Kier alpha value is -3.42. The fourth-order valence-corrected chi connectivity index (χ4v) is 8.11. The average molecular weight is 996 g/mol. The van der Waals surface area contributed by atoms with E-state index in [1.165, 1.54) is 64.2 Å². The molecule has 8 unspecified atom stereocenters. The summed E-state index contributed by atoms with van der Waals surface area (Å²) in [7, 11) is 0. The number of hydrogen-bond donors (Lipinski definition) is 6. The molecule has 0 aromatic carbocycles. The van der Waals surface area contributed by atoms with E-state index in [1.807, 2.05) is 54.7 Å². The van der Waals surface area contributed by atoms with Gasteiger partial charge in [-0.1, -0.05) is 221 Å². The van der Waals surface area contributed by atoms with Crippen molar-refractivity contribution in [2.24, 2.45) is 0 Å². The van der Waals surface area contributed by atoms with Crippen molar-refractivity contribution in [2.45, 2.75) is 256 Å². The molecule has 1 aliphatic heterocycles. The number of unbranched alkanes of at least 4 members (excludes halogenated alkanes) is 21. The van der Waals surface area contributed by atoms with E-state index >= 15 is 0 Å². The minimum atomic E-state index is -1.64. The zero-order valence-corrected chi connectivity index (χ0v) is 44.6. The number of carbonyl (C=O) groups is 2. The van der Waals surface area contributed by atoms with Gasteiger partial charge >= 0.3 is 5.97 Å². The first-order valence-electron chi connectivity index (χ1n) is 28.1. The van der Waals surface area contributed by atoms with Gasteiger partial charge in [0.2, 0.25) is 5.91 Å². The van der Waals surface area contributed by atoms with Crippen LogP contribution in [0.1, 0.15) is 207 Å². The minimum Gasteiger partial charge on any atom is -0.454 e. The van der Waals surface area contributed by atoms with Crippen molar-refractivity contribution in [1.82, 2.24) is 5.32 Å². The SMILES string of the molecule is CC/C=C/C=C/C=C\C=C/C=C/CCCCCC(=O)OC1C(OCC(NC(=O)C(O)CCCCCCCC/C=C\C/C=C\CCCCC)C(O)/C=C/CCCCCCCCCCC)OC(CO)C(O)C1O. The van der Waals surface area contributed by atoms with E-state index in [0.29, 0.717) is 12.8 Å². The maximum atomic E-state index is 13.4. The lowest BCUT2D eigenvalue weighted by molar-refractivity contribution is -0.305. The van der Waals surface area contributed by atoms with Crippen LogP contribution in [-0.2, 0) is 23.8 Å². The van der Waals surface area contributed by atoms with Crippen LogP contribution in [0.3, 0.4) is 0 Å². The second-order valence-electron chi connectivity index (χ2n) is 19.1. The zero-order chi connectivity index (χ0) is 51.8. The Kier molecular flexibility index (Phi) is 44.0. The molecule has 0 radical (unpaired) electrons. The van der Waals surface area contributed by atoms with Crippen molar-refractivity contribution < 1.29 is 49.3 Å². The second kappa shape index (κ2) is 47.6. The topological polar surface area (TPSA) is 175 Å². The maximum Gasteiger partial charge on any atom is 0.306 e. The van der Waals surface area contributed by atoms with Gasteiger partial charge in [0.05, 0.1) is 25.4 Å². The summed E-state index contributed by atoms with van der Waals surface area (Å²) in [6.45, 7) is 5.55. The van der Waals surface area contributed by atoms with E-state index < -0.39 is 67.4 Å². The number of amides is 1.